The molecule has 0 aliphatic carbocycles. The summed E-state index contributed by atoms with van der Waals surface area (Å²) in [5.41, 5.74) is 5.40. The van der Waals surface area contributed by atoms with E-state index in [4.69, 9.17) is 10.5 Å². The summed E-state index contributed by atoms with van der Waals surface area (Å²) in [6.45, 7) is 3.41. The van der Waals surface area contributed by atoms with Gasteiger partial charge in [-0.05, 0) is 38.1 Å². The first-order valence-corrected chi connectivity index (χ1v) is 9.45. The van der Waals surface area contributed by atoms with Crippen molar-refractivity contribution in [2.75, 3.05) is 6.26 Å². The molecule has 0 saturated carbocycles. The fraction of sp³-hybridized carbons (Fsp3) is 0.294. The number of pyridine rings is 1. The molecule has 0 spiro atoms. The molecule has 27 heavy (non-hydrogen) atoms. The van der Waals surface area contributed by atoms with Crippen LogP contribution in [-0.2, 0) is 21.2 Å². The van der Waals surface area contributed by atoms with Crippen LogP contribution >= 0.6 is 24.8 Å². The molecule has 0 saturated heterocycles. The van der Waals surface area contributed by atoms with Crippen LogP contribution in [0.15, 0.2) is 47.5 Å². The van der Waals surface area contributed by atoms with Gasteiger partial charge in [0.15, 0.2) is 9.84 Å². The lowest BCUT2D eigenvalue weighted by Crippen LogP contribution is -2.48. The molecule has 1 aromatic heterocycles. The van der Waals surface area contributed by atoms with Crippen LogP contribution in [0.5, 0.6) is 11.6 Å². The highest BCUT2D eigenvalue weighted by Gasteiger charge is 2.21. The van der Waals surface area contributed by atoms with Gasteiger partial charge in [-0.15, -0.1) is 24.8 Å². The molecule has 1 amide bonds. The van der Waals surface area contributed by atoms with Crippen molar-refractivity contribution in [3.05, 3.63) is 48.2 Å². The lowest BCUT2D eigenvalue weighted by Gasteiger charge is -2.18. The fourth-order valence-electron chi connectivity index (χ4n) is 1.93. The SMILES string of the molecule is CC(C)(N)C(=O)NCc1cccnc1Oc1cccc(S(C)(=O)=O)c1.Cl.Cl. The van der Waals surface area contributed by atoms with Crippen molar-refractivity contribution in [1.82, 2.24) is 10.3 Å². The van der Waals surface area contributed by atoms with Crippen LogP contribution in [0, 0.1) is 0 Å². The van der Waals surface area contributed by atoms with Gasteiger partial charge < -0.3 is 15.8 Å². The zero-order valence-corrected chi connectivity index (χ0v) is 17.6. The number of hydrogen-bond donors (Lipinski definition) is 2. The summed E-state index contributed by atoms with van der Waals surface area (Å²) in [7, 11) is -3.34. The van der Waals surface area contributed by atoms with E-state index in [9.17, 15) is 13.2 Å². The van der Waals surface area contributed by atoms with E-state index in [1.54, 1.807) is 44.3 Å². The summed E-state index contributed by atoms with van der Waals surface area (Å²) >= 11 is 0. The maximum absolute atomic E-state index is 11.9. The Morgan fingerprint density at radius 3 is 2.48 bits per heavy atom. The molecule has 0 radical (unpaired) electrons. The van der Waals surface area contributed by atoms with Crippen molar-refractivity contribution in [2.24, 2.45) is 5.73 Å². The first-order valence-electron chi connectivity index (χ1n) is 7.56. The number of amides is 1. The highest BCUT2D eigenvalue weighted by atomic mass is 35.5. The summed E-state index contributed by atoms with van der Waals surface area (Å²) in [6, 6.07) is 9.61. The molecule has 1 aromatic carbocycles. The largest absolute Gasteiger partial charge is 0.439 e. The standard InChI is InChI=1S/C17H21N3O4S.2ClH/c1-17(2,18)16(21)20-11-12-6-5-9-19-15(12)24-13-7-4-8-14(10-13)25(3,22)23;;/h4-10H,11,18H2,1-3H3,(H,20,21);2*1H. The van der Waals surface area contributed by atoms with Crippen LogP contribution in [0.25, 0.3) is 0 Å². The van der Waals surface area contributed by atoms with Crippen LogP contribution in [0.4, 0.5) is 0 Å². The van der Waals surface area contributed by atoms with Gasteiger partial charge in [0.1, 0.15) is 5.75 Å². The molecule has 0 fully saturated rings. The number of rotatable bonds is 6. The number of hydrogen-bond acceptors (Lipinski definition) is 6. The molecular weight excluding hydrogens is 413 g/mol. The number of ether oxygens (including phenoxy) is 1. The molecule has 2 aromatic rings. The number of nitrogens with one attached hydrogen (secondary N) is 1. The van der Waals surface area contributed by atoms with Crippen LogP contribution in [-0.4, -0.2) is 31.1 Å². The molecule has 0 unspecified atom stereocenters. The molecule has 0 bridgehead atoms. The molecule has 0 aliphatic rings. The van der Waals surface area contributed by atoms with Gasteiger partial charge >= 0.3 is 0 Å². The number of benzene rings is 1. The Kier molecular flexibility index (Phi) is 9.20. The molecule has 150 valence electrons. The normalized spacial score (nSPS) is 11.0. The molecule has 3 N–H and O–H groups in total. The van der Waals surface area contributed by atoms with Crippen molar-refractivity contribution in [1.29, 1.82) is 0 Å². The minimum absolute atomic E-state index is 0. The summed E-state index contributed by atoms with van der Waals surface area (Å²) in [5, 5.41) is 2.72. The number of carbonyl (C=O) groups excluding carboxylic acids is 1. The first-order chi connectivity index (χ1) is 11.6. The molecule has 10 heteroatoms. The maximum Gasteiger partial charge on any atom is 0.239 e. The number of nitrogens with zero attached hydrogens (tertiary/aromatic N) is 1. The van der Waals surface area contributed by atoms with Crippen molar-refractivity contribution in [3.63, 3.8) is 0 Å². The number of aromatic nitrogens is 1. The Bertz CT molecular complexity index is 884. The van der Waals surface area contributed by atoms with E-state index < -0.39 is 15.4 Å². The Balaban J connectivity index is 0.00000338. The Hall–Kier alpha value is -1.87. The van der Waals surface area contributed by atoms with Gasteiger partial charge in [-0.1, -0.05) is 12.1 Å². The highest BCUT2D eigenvalue weighted by Crippen LogP contribution is 2.25. The van der Waals surface area contributed by atoms with Gasteiger partial charge in [-0.2, -0.15) is 0 Å². The fourth-order valence-corrected chi connectivity index (χ4v) is 2.59. The van der Waals surface area contributed by atoms with Gasteiger partial charge in [-0.3, -0.25) is 4.79 Å². The number of carbonyl (C=O) groups is 1. The second kappa shape index (κ2) is 9.89. The first kappa shape index (κ1) is 25.1. The van der Waals surface area contributed by atoms with Gasteiger partial charge in [-0.25, -0.2) is 13.4 Å². The summed E-state index contributed by atoms with van der Waals surface area (Å²) in [5.74, 6) is 0.318. The topological polar surface area (TPSA) is 111 Å². The van der Waals surface area contributed by atoms with E-state index in [1.165, 1.54) is 12.1 Å². The van der Waals surface area contributed by atoms with E-state index >= 15 is 0 Å². The third kappa shape index (κ3) is 7.34. The maximum atomic E-state index is 11.9. The van der Waals surface area contributed by atoms with Crippen molar-refractivity contribution in [2.45, 2.75) is 30.8 Å². The molecule has 0 aliphatic heterocycles. The van der Waals surface area contributed by atoms with Crippen LogP contribution < -0.4 is 15.8 Å². The average molecular weight is 436 g/mol. The van der Waals surface area contributed by atoms with Crippen molar-refractivity contribution in [3.8, 4) is 11.6 Å². The minimum atomic E-state index is -3.34. The number of sulfone groups is 1. The minimum Gasteiger partial charge on any atom is -0.439 e. The quantitative estimate of drug-likeness (QED) is 0.720. The van der Waals surface area contributed by atoms with E-state index in [1.807, 2.05) is 0 Å². The van der Waals surface area contributed by atoms with Crippen molar-refractivity contribution >= 4 is 40.6 Å². The van der Waals surface area contributed by atoms with E-state index in [-0.39, 0.29) is 48.0 Å². The Morgan fingerprint density at radius 1 is 1.22 bits per heavy atom. The van der Waals surface area contributed by atoms with E-state index in [2.05, 4.69) is 10.3 Å². The van der Waals surface area contributed by atoms with Crippen molar-refractivity contribution < 1.29 is 17.9 Å². The number of halogens is 2. The van der Waals surface area contributed by atoms with Crippen LogP contribution in [0.3, 0.4) is 0 Å². The predicted octanol–water partition coefficient (Wildman–Crippen LogP) is 2.47. The zero-order chi connectivity index (χ0) is 18.7. The van der Waals surface area contributed by atoms with Gasteiger partial charge in [0.2, 0.25) is 11.8 Å². The molecule has 0 atom stereocenters. The summed E-state index contributed by atoms with van der Waals surface area (Å²) < 4.78 is 29.0. The van der Waals surface area contributed by atoms with Gasteiger partial charge in [0.05, 0.1) is 10.4 Å². The number of nitrogens with two attached hydrogens (primary N) is 1. The Labute approximate surface area is 171 Å². The van der Waals surface area contributed by atoms with Gasteiger partial charge in [0.25, 0.3) is 0 Å². The zero-order valence-electron chi connectivity index (χ0n) is 15.1. The summed E-state index contributed by atoms with van der Waals surface area (Å²) in [6.07, 6.45) is 2.68. The molecular formula is C17H23Cl2N3O4S. The third-order valence-corrected chi connectivity index (χ3v) is 4.43. The molecule has 7 nitrogen and oxygen atoms in total. The smallest absolute Gasteiger partial charge is 0.239 e. The average Bonchev–Trinajstić information content (AvgIpc) is 2.52. The van der Waals surface area contributed by atoms with Gasteiger partial charge in [0, 0.05) is 24.6 Å². The van der Waals surface area contributed by atoms with Crippen LogP contribution in [0.1, 0.15) is 19.4 Å². The lowest BCUT2D eigenvalue weighted by molar-refractivity contribution is -0.125. The monoisotopic (exact) mass is 435 g/mol. The third-order valence-electron chi connectivity index (χ3n) is 3.32. The van der Waals surface area contributed by atoms with E-state index in [0.717, 1.165) is 6.26 Å². The lowest BCUT2D eigenvalue weighted by atomic mass is 10.1. The molecule has 1 heterocycles. The molecule has 2 rings (SSSR count). The summed E-state index contributed by atoms with van der Waals surface area (Å²) in [4.78, 5) is 16.2. The highest BCUT2D eigenvalue weighted by molar-refractivity contribution is 7.90. The Morgan fingerprint density at radius 2 is 1.89 bits per heavy atom. The van der Waals surface area contributed by atoms with E-state index in [0.29, 0.717) is 11.3 Å². The van der Waals surface area contributed by atoms with Crippen LogP contribution in [0.2, 0.25) is 0 Å². The predicted molar refractivity (Wildman–Crippen MR) is 108 cm³/mol. The second-order valence-corrected chi connectivity index (χ2v) is 8.24. The second-order valence-electron chi connectivity index (χ2n) is 6.22.